The maximum atomic E-state index is 13.1. The van der Waals surface area contributed by atoms with E-state index in [0.29, 0.717) is 30.8 Å². The van der Waals surface area contributed by atoms with Gasteiger partial charge in [0.05, 0.1) is 5.92 Å². The lowest BCUT2D eigenvalue weighted by molar-refractivity contribution is -0.187. The Morgan fingerprint density at radius 1 is 1.32 bits per heavy atom. The van der Waals surface area contributed by atoms with Crippen LogP contribution in [0, 0.1) is 5.92 Å². The number of rotatable bonds is 3. The number of anilines is 1. The zero-order valence-electron chi connectivity index (χ0n) is 11.1. The summed E-state index contributed by atoms with van der Waals surface area (Å²) in [5.41, 5.74) is 7.16. The van der Waals surface area contributed by atoms with Gasteiger partial charge < -0.3 is 5.73 Å². The van der Waals surface area contributed by atoms with Crippen molar-refractivity contribution < 1.29 is 13.2 Å². The Morgan fingerprint density at radius 3 is 2.63 bits per heavy atom. The van der Waals surface area contributed by atoms with E-state index in [9.17, 15) is 13.2 Å². The third-order valence-electron chi connectivity index (χ3n) is 3.99. The summed E-state index contributed by atoms with van der Waals surface area (Å²) in [6.45, 7) is 1.98. The molecule has 0 aliphatic heterocycles. The molecule has 0 spiro atoms. The fraction of sp³-hybridized carbons (Fsp3) is 0.769. The molecule has 1 aromatic heterocycles. The molecular weight excluding hydrogens is 255 g/mol. The Kier molecular flexibility index (Phi) is 4.06. The van der Waals surface area contributed by atoms with Gasteiger partial charge in [-0.25, -0.2) is 0 Å². The number of alkyl halides is 3. The minimum atomic E-state index is -4.14. The van der Waals surface area contributed by atoms with E-state index in [4.69, 9.17) is 5.73 Å². The van der Waals surface area contributed by atoms with E-state index in [0.717, 1.165) is 18.4 Å². The van der Waals surface area contributed by atoms with E-state index in [-0.39, 0.29) is 6.42 Å². The van der Waals surface area contributed by atoms with Crippen molar-refractivity contribution in [2.75, 3.05) is 5.73 Å². The van der Waals surface area contributed by atoms with Crippen LogP contribution in [0.2, 0.25) is 0 Å². The first-order chi connectivity index (χ1) is 8.95. The van der Waals surface area contributed by atoms with E-state index < -0.39 is 18.0 Å². The largest absolute Gasteiger partial charge is 0.392 e. The molecule has 0 saturated heterocycles. The van der Waals surface area contributed by atoms with Gasteiger partial charge in [-0.15, -0.1) is 0 Å². The molecule has 2 rings (SSSR count). The van der Waals surface area contributed by atoms with Crippen molar-refractivity contribution in [1.29, 1.82) is 0 Å². The molecule has 0 amide bonds. The molecular formula is C13H20F3N3. The van der Waals surface area contributed by atoms with Gasteiger partial charge in [0, 0.05) is 17.2 Å². The number of hydrogen-bond acceptors (Lipinski definition) is 2. The first-order valence-corrected chi connectivity index (χ1v) is 6.84. The highest BCUT2D eigenvalue weighted by molar-refractivity contribution is 5.43. The number of H-pyrrole nitrogens is 1. The minimum Gasteiger partial charge on any atom is -0.382 e. The number of nitrogen functional groups attached to an aromatic ring is 1. The molecule has 2 atom stereocenters. The van der Waals surface area contributed by atoms with Crippen LogP contribution < -0.4 is 5.73 Å². The average Bonchev–Trinajstić information content (AvgIpc) is 2.71. The molecule has 1 heterocycles. The summed E-state index contributed by atoms with van der Waals surface area (Å²) in [5, 5.41) is 6.67. The van der Waals surface area contributed by atoms with Crippen LogP contribution in [0.3, 0.4) is 0 Å². The molecule has 1 aromatic rings. The highest BCUT2D eigenvalue weighted by atomic mass is 19.4. The standard InChI is InChI=1S/C13H20F3N3/c1-2-5-9-11(18-19-12(9)17)8-6-3-4-7-10(8)13(14,15)16/h8,10H,2-7H2,1H3,(H3,17,18,19). The smallest absolute Gasteiger partial charge is 0.382 e. The van der Waals surface area contributed by atoms with Crippen molar-refractivity contribution in [3.8, 4) is 0 Å². The predicted molar refractivity (Wildman–Crippen MR) is 67.7 cm³/mol. The fourth-order valence-electron chi connectivity index (χ4n) is 3.08. The quantitative estimate of drug-likeness (QED) is 0.882. The summed E-state index contributed by atoms with van der Waals surface area (Å²) >= 11 is 0. The van der Waals surface area contributed by atoms with Crippen LogP contribution in [0.1, 0.15) is 56.2 Å². The minimum absolute atomic E-state index is 0.207. The maximum Gasteiger partial charge on any atom is 0.392 e. The zero-order valence-corrected chi connectivity index (χ0v) is 11.1. The van der Waals surface area contributed by atoms with Crippen LogP contribution in [0.25, 0.3) is 0 Å². The van der Waals surface area contributed by atoms with Crippen molar-refractivity contribution in [2.45, 2.75) is 57.5 Å². The molecule has 1 aliphatic rings. The van der Waals surface area contributed by atoms with Gasteiger partial charge in [-0.2, -0.15) is 18.3 Å². The van der Waals surface area contributed by atoms with Crippen LogP contribution in [-0.4, -0.2) is 16.4 Å². The normalized spacial score (nSPS) is 24.6. The Labute approximate surface area is 110 Å². The maximum absolute atomic E-state index is 13.1. The van der Waals surface area contributed by atoms with Gasteiger partial charge >= 0.3 is 6.18 Å². The second-order valence-corrected chi connectivity index (χ2v) is 5.29. The van der Waals surface area contributed by atoms with Crippen LogP contribution in [0.4, 0.5) is 19.0 Å². The Balaban J connectivity index is 2.32. The Morgan fingerprint density at radius 2 is 2.00 bits per heavy atom. The summed E-state index contributed by atoms with van der Waals surface area (Å²) in [7, 11) is 0. The lowest BCUT2D eigenvalue weighted by atomic mass is 9.76. The zero-order chi connectivity index (χ0) is 14.0. The molecule has 1 saturated carbocycles. The van der Waals surface area contributed by atoms with E-state index in [1.54, 1.807) is 0 Å². The molecule has 1 fully saturated rings. The van der Waals surface area contributed by atoms with Crippen molar-refractivity contribution in [3.63, 3.8) is 0 Å². The number of aromatic nitrogens is 2. The van der Waals surface area contributed by atoms with Gasteiger partial charge in [-0.3, -0.25) is 5.10 Å². The molecule has 0 bridgehead atoms. The second-order valence-electron chi connectivity index (χ2n) is 5.29. The highest BCUT2D eigenvalue weighted by Gasteiger charge is 2.47. The third-order valence-corrected chi connectivity index (χ3v) is 3.99. The number of halogens is 3. The van der Waals surface area contributed by atoms with Gasteiger partial charge in [0.2, 0.25) is 0 Å². The van der Waals surface area contributed by atoms with E-state index in [1.165, 1.54) is 0 Å². The first kappa shape index (κ1) is 14.2. The molecule has 0 radical (unpaired) electrons. The number of aromatic amines is 1. The SMILES string of the molecule is CCCc1c(N)n[nH]c1C1CCCCC1C(F)(F)F. The monoisotopic (exact) mass is 275 g/mol. The average molecular weight is 275 g/mol. The highest BCUT2D eigenvalue weighted by Crippen LogP contribution is 2.47. The number of nitrogens with two attached hydrogens (primary N) is 1. The lowest BCUT2D eigenvalue weighted by Gasteiger charge is -2.32. The predicted octanol–water partition coefficient (Wildman–Crippen LogP) is 3.78. The van der Waals surface area contributed by atoms with Crippen molar-refractivity contribution in [2.24, 2.45) is 5.92 Å². The van der Waals surface area contributed by atoms with Gasteiger partial charge in [0.25, 0.3) is 0 Å². The summed E-state index contributed by atoms with van der Waals surface area (Å²) < 4.78 is 39.4. The molecule has 0 aromatic carbocycles. The van der Waals surface area contributed by atoms with E-state index in [1.807, 2.05) is 6.92 Å². The van der Waals surface area contributed by atoms with Crippen LogP contribution >= 0.6 is 0 Å². The van der Waals surface area contributed by atoms with Gasteiger partial charge in [0.1, 0.15) is 5.82 Å². The van der Waals surface area contributed by atoms with Gasteiger partial charge in [0.15, 0.2) is 0 Å². The topological polar surface area (TPSA) is 54.7 Å². The van der Waals surface area contributed by atoms with E-state index in [2.05, 4.69) is 10.2 Å². The third kappa shape index (κ3) is 2.87. The summed E-state index contributed by atoms with van der Waals surface area (Å²) in [5.74, 6) is -1.43. The molecule has 2 unspecified atom stereocenters. The molecule has 1 aliphatic carbocycles. The number of nitrogens with one attached hydrogen (secondary N) is 1. The van der Waals surface area contributed by atoms with Gasteiger partial charge in [-0.1, -0.05) is 26.2 Å². The number of nitrogens with zero attached hydrogens (tertiary/aromatic N) is 1. The molecule has 3 nitrogen and oxygen atoms in total. The van der Waals surface area contributed by atoms with E-state index >= 15 is 0 Å². The summed E-state index contributed by atoms with van der Waals surface area (Å²) in [4.78, 5) is 0. The summed E-state index contributed by atoms with van der Waals surface area (Å²) in [6, 6.07) is 0. The lowest BCUT2D eigenvalue weighted by Crippen LogP contribution is -2.32. The molecule has 108 valence electrons. The fourth-order valence-corrected chi connectivity index (χ4v) is 3.08. The van der Waals surface area contributed by atoms with Crippen molar-refractivity contribution in [1.82, 2.24) is 10.2 Å². The number of hydrogen-bond donors (Lipinski definition) is 2. The second kappa shape index (κ2) is 5.43. The van der Waals surface area contributed by atoms with Crippen molar-refractivity contribution in [3.05, 3.63) is 11.3 Å². The van der Waals surface area contributed by atoms with Crippen LogP contribution in [0.15, 0.2) is 0 Å². The van der Waals surface area contributed by atoms with Gasteiger partial charge in [-0.05, 0) is 19.3 Å². The summed E-state index contributed by atoms with van der Waals surface area (Å²) in [6.07, 6.45) is -0.371. The molecule has 3 N–H and O–H groups in total. The van der Waals surface area contributed by atoms with Crippen LogP contribution in [-0.2, 0) is 6.42 Å². The van der Waals surface area contributed by atoms with Crippen LogP contribution in [0.5, 0.6) is 0 Å². The Hall–Kier alpha value is -1.20. The van der Waals surface area contributed by atoms with Crippen molar-refractivity contribution >= 4 is 5.82 Å². The Bertz CT molecular complexity index is 425. The first-order valence-electron chi connectivity index (χ1n) is 6.84. The molecule has 19 heavy (non-hydrogen) atoms. The molecule has 6 heteroatoms.